The van der Waals surface area contributed by atoms with Crippen molar-refractivity contribution < 1.29 is 14.5 Å². The number of aromatic nitrogens is 3. The standard InChI is InChI=1S/C23H23N7O4S2/c31-22-15-36-20-4-2-1-3-19(20)27(22)14-21-25-28(16-26-9-11-34-12-10-26)23(35)29(21)24-13-17-5-7-18(8-6-17)30(32)33/h1-8,13H,9-12,14-16H2/b24-13+. The van der Waals surface area contributed by atoms with Crippen LogP contribution in [-0.2, 0) is 22.7 Å². The second-order valence-electron chi connectivity index (χ2n) is 8.21. The van der Waals surface area contributed by atoms with Gasteiger partial charge in [-0.3, -0.25) is 19.8 Å². The molecule has 2 aliphatic rings. The number of ether oxygens (including phenoxy) is 1. The number of nitro groups is 1. The highest BCUT2D eigenvalue weighted by molar-refractivity contribution is 8.00. The van der Waals surface area contributed by atoms with Gasteiger partial charge in [-0.25, -0.2) is 4.68 Å². The van der Waals surface area contributed by atoms with Gasteiger partial charge in [-0.05, 0) is 42.0 Å². The largest absolute Gasteiger partial charge is 0.379 e. The maximum Gasteiger partial charge on any atom is 0.269 e. The SMILES string of the molecule is O=C1CSc2ccccc2N1Cc1nn(CN2CCOCC2)c(=S)n1/N=C/c1ccc([N+](=O)[O-])cc1. The molecular weight excluding hydrogens is 502 g/mol. The Hall–Kier alpha value is -3.39. The third-order valence-corrected chi connectivity index (χ3v) is 7.29. The predicted molar refractivity (Wildman–Crippen MR) is 138 cm³/mol. The molecular formula is C23H23N7O4S2. The van der Waals surface area contributed by atoms with Gasteiger partial charge in [0, 0.05) is 30.1 Å². The lowest BCUT2D eigenvalue weighted by molar-refractivity contribution is -0.384. The Morgan fingerprint density at radius 1 is 1.17 bits per heavy atom. The number of amides is 1. The van der Waals surface area contributed by atoms with Gasteiger partial charge in [0.2, 0.25) is 10.7 Å². The van der Waals surface area contributed by atoms with Crippen molar-refractivity contribution in [2.45, 2.75) is 18.1 Å². The summed E-state index contributed by atoms with van der Waals surface area (Å²) >= 11 is 7.24. The molecule has 3 aromatic rings. The monoisotopic (exact) mass is 525 g/mol. The van der Waals surface area contributed by atoms with Crippen molar-refractivity contribution in [1.29, 1.82) is 0 Å². The van der Waals surface area contributed by atoms with Crippen molar-refractivity contribution in [2.75, 3.05) is 37.0 Å². The summed E-state index contributed by atoms with van der Waals surface area (Å²) in [5.41, 5.74) is 1.51. The van der Waals surface area contributed by atoms with E-state index in [1.54, 1.807) is 32.6 Å². The Balaban J connectivity index is 1.48. The van der Waals surface area contributed by atoms with Crippen LogP contribution in [0.15, 0.2) is 58.5 Å². The molecule has 0 atom stereocenters. The molecule has 5 rings (SSSR count). The first kappa shape index (κ1) is 24.3. The van der Waals surface area contributed by atoms with Crippen LogP contribution in [0.1, 0.15) is 11.4 Å². The zero-order valence-corrected chi connectivity index (χ0v) is 20.9. The zero-order chi connectivity index (χ0) is 25.1. The summed E-state index contributed by atoms with van der Waals surface area (Å²) in [6.45, 7) is 3.52. The van der Waals surface area contributed by atoms with Crippen molar-refractivity contribution in [3.05, 3.63) is 74.8 Å². The number of carbonyl (C=O) groups is 1. The second kappa shape index (κ2) is 10.7. The third kappa shape index (κ3) is 5.23. The Morgan fingerprint density at radius 2 is 1.92 bits per heavy atom. The molecule has 13 heteroatoms. The highest BCUT2D eigenvalue weighted by Crippen LogP contribution is 2.35. The van der Waals surface area contributed by atoms with Crippen LogP contribution in [0.4, 0.5) is 11.4 Å². The number of rotatable bonds is 7. The first-order valence-corrected chi connectivity index (χ1v) is 12.7. The average Bonchev–Trinajstić information content (AvgIpc) is 3.18. The molecule has 0 unspecified atom stereocenters. The molecule has 0 spiro atoms. The van der Waals surface area contributed by atoms with Crippen LogP contribution in [0.3, 0.4) is 0 Å². The number of anilines is 1. The molecule has 1 aromatic heterocycles. The van der Waals surface area contributed by atoms with E-state index in [0.29, 0.717) is 41.8 Å². The Bertz CT molecular complexity index is 1360. The minimum Gasteiger partial charge on any atom is -0.379 e. The van der Waals surface area contributed by atoms with Gasteiger partial charge in [0.05, 0.1) is 49.0 Å². The van der Waals surface area contributed by atoms with Gasteiger partial charge in [0.25, 0.3) is 5.69 Å². The number of hydrogen-bond acceptors (Lipinski definition) is 9. The summed E-state index contributed by atoms with van der Waals surface area (Å²) in [6.07, 6.45) is 1.58. The number of nitro benzene ring substituents is 1. The van der Waals surface area contributed by atoms with Crippen LogP contribution >= 0.6 is 24.0 Å². The molecule has 1 amide bonds. The van der Waals surface area contributed by atoms with E-state index in [1.807, 2.05) is 24.3 Å². The molecule has 2 aliphatic heterocycles. The maximum absolute atomic E-state index is 12.9. The minimum absolute atomic E-state index is 0.00271. The molecule has 2 aromatic carbocycles. The molecule has 1 fully saturated rings. The quantitative estimate of drug-likeness (QED) is 0.200. The van der Waals surface area contributed by atoms with E-state index >= 15 is 0 Å². The van der Waals surface area contributed by atoms with Gasteiger partial charge in [-0.2, -0.15) is 14.9 Å². The van der Waals surface area contributed by atoms with E-state index in [9.17, 15) is 14.9 Å². The molecule has 1 saturated heterocycles. The summed E-state index contributed by atoms with van der Waals surface area (Å²) < 4.78 is 9.09. The van der Waals surface area contributed by atoms with Gasteiger partial charge in [-0.1, -0.05) is 12.1 Å². The number of thioether (sulfide) groups is 1. The molecule has 0 radical (unpaired) electrons. The minimum atomic E-state index is -0.448. The van der Waals surface area contributed by atoms with E-state index in [1.165, 1.54) is 23.9 Å². The predicted octanol–water partition coefficient (Wildman–Crippen LogP) is 3.13. The normalized spacial score (nSPS) is 16.4. The first-order chi connectivity index (χ1) is 17.5. The smallest absolute Gasteiger partial charge is 0.269 e. The molecule has 0 saturated carbocycles. The maximum atomic E-state index is 12.9. The second-order valence-corrected chi connectivity index (χ2v) is 9.59. The fourth-order valence-electron chi connectivity index (χ4n) is 3.96. The summed E-state index contributed by atoms with van der Waals surface area (Å²) in [5, 5.41) is 20.3. The van der Waals surface area contributed by atoms with Gasteiger partial charge in [-0.15, -0.1) is 11.8 Å². The van der Waals surface area contributed by atoms with Gasteiger partial charge >= 0.3 is 0 Å². The number of carbonyl (C=O) groups excluding carboxylic acids is 1. The lowest BCUT2D eigenvalue weighted by atomic mass is 10.2. The van der Waals surface area contributed by atoms with Gasteiger partial charge < -0.3 is 9.64 Å². The number of nitrogens with zero attached hydrogens (tertiary/aromatic N) is 7. The number of non-ortho nitro benzene ring substituents is 1. The van der Waals surface area contributed by atoms with E-state index in [0.717, 1.165) is 23.7 Å². The lowest BCUT2D eigenvalue weighted by Crippen LogP contribution is -2.38. The highest BCUT2D eigenvalue weighted by Gasteiger charge is 2.27. The topological polar surface area (TPSA) is 111 Å². The molecule has 3 heterocycles. The number of para-hydroxylation sites is 1. The number of benzene rings is 2. The molecule has 186 valence electrons. The Morgan fingerprint density at radius 3 is 2.67 bits per heavy atom. The number of morpholine rings is 1. The fraction of sp³-hybridized carbons (Fsp3) is 0.304. The van der Waals surface area contributed by atoms with Crippen molar-refractivity contribution >= 4 is 47.5 Å². The van der Waals surface area contributed by atoms with E-state index in [4.69, 9.17) is 22.1 Å². The highest BCUT2D eigenvalue weighted by atomic mass is 32.2. The van der Waals surface area contributed by atoms with Crippen LogP contribution in [-0.4, -0.2) is 68.5 Å². The van der Waals surface area contributed by atoms with Crippen LogP contribution in [0, 0.1) is 14.9 Å². The zero-order valence-electron chi connectivity index (χ0n) is 19.2. The van der Waals surface area contributed by atoms with E-state index in [-0.39, 0.29) is 18.1 Å². The molecule has 0 bridgehead atoms. The third-order valence-electron chi connectivity index (χ3n) is 5.85. The van der Waals surface area contributed by atoms with E-state index in [2.05, 4.69) is 10.0 Å². The Labute approximate surface area is 216 Å². The van der Waals surface area contributed by atoms with Gasteiger partial charge in [0.1, 0.15) is 0 Å². The van der Waals surface area contributed by atoms with Crippen LogP contribution in [0.2, 0.25) is 0 Å². The van der Waals surface area contributed by atoms with Crippen LogP contribution < -0.4 is 4.90 Å². The van der Waals surface area contributed by atoms with Crippen molar-refractivity contribution in [1.82, 2.24) is 19.4 Å². The summed E-state index contributed by atoms with van der Waals surface area (Å²) in [7, 11) is 0. The van der Waals surface area contributed by atoms with Crippen molar-refractivity contribution in [2.24, 2.45) is 5.10 Å². The number of fused-ring (bicyclic) bond motifs is 1. The number of hydrogen-bond donors (Lipinski definition) is 0. The summed E-state index contributed by atoms with van der Waals surface area (Å²) in [5.74, 6) is 0.845. The first-order valence-electron chi connectivity index (χ1n) is 11.3. The summed E-state index contributed by atoms with van der Waals surface area (Å²) in [4.78, 5) is 28.3. The molecule has 36 heavy (non-hydrogen) atoms. The van der Waals surface area contributed by atoms with Gasteiger partial charge in [0.15, 0.2) is 5.82 Å². The van der Waals surface area contributed by atoms with Crippen molar-refractivity contribution in [3.8, 4) is 0 Å². The Kier molecular flexibility index (Phi) is 7.23. The fourth-order valence-corrected chi connectivity index (χ4v) is 5.15. The van der Waals surface area contributed by atoms with Crippen LogP contribution in [0.25, 0.3) is 0 Å². The molecule has 0 aliphatic carbocycles. The summed E-state index contributed by atoms with van der Waals surface area (Å²) in [6, 6.07) is 13.8. The van der Waals surface area contributed by atoms with E-state index < -0.39 is 4.92 Å². The molecule has 11 nitrogen and oxygen atoms in total. The van der Waals surface area contributed by atoms with Crippen LogP contribution in [0.5, 0.6) is 0 Å². The average molecular weight is 526 g/mol. The lowest BCUT2D eigenvalue weighted by Gasteiger charge is -2.28. The van der Waals surface area contributed by atoms with Crippen molar-refractivity contribution in [3.63, 3.8) is 0 Å². The molecule has 0 N–H and O–H groups in total.